The molecule has 0 bridgehead atoms. The molecule has 140 valence electrons. The zero-order valence-corrected chi connectivity index (χ0v) is 14.6. The van der Waals surface area contributed by atoms with Crippen molar-refractivity contribution in [3.05, 3.63) is 66.3 Å². The van der Waals surface area contributed by atoms with Crippen molar-refractivity contribution >= 4 is 12.0 Å². The van der Waals surface area contributed by atoms with Gasteiger partial charge in [-0.2, -0.15) is 0 Å². The third-order valence-corrected chi connectivity index (χ3v) is 4.02. The van der Waals surface area contributed by atoms with Gasteiger partial charge in [-0.15, -0.1) is 0 Å². The summed E-state index contributed by atoms with van der Waals surface area (Å²) in [4.78, 5) is 11.1. The van der Waals surface area contributed by atoms with Gasteiger partial charge in [0.2, 0.25) is 0 Å². The maximum atomic E-state index is 11.1. The Hall–Kier alpha value is -2.21. The van der Waals surface area contributed by atoms with Gasteiger partial charge in [-0.1, -0.05) is 54.6 Å². The molecule has 5 nitrogen and oxygen atoms in total. The quantitative estimate of drug-likeness (QED) is 0.466. The Bertz CT molecular complexity index is 635. The van der Waals surface area contributed by atoms with Crippen molar-refractivity contribution in [3.63, 3.8) is 0 Å². The first-order chi connectivity index (χ1) is 12.5. The standard InChI is InChI=1S/C21H26O5/c22-17(8-4-9-20-10-5-11-21(25)26-20)14-19(24)15-18(23)13-12-16-6-2-1-3-7-16/h1-7,9,11-13,17-20,22-24H,8,10,14-15H2/b9-4-,13-12+/t17-,18-,19+,20-/m0/s1. The highest BCUT2D eigenvalue weighted by Crippen LogP contribution is 2.13. The highest BCUT2D eigenvalue weighted by molar-refractivity contribution is 5.82. The van der Waals surface area contributed by atoms with Gasteiger partial charge in [0.25, 0.3) is 0 Å². The molecule has 0 unspecified atom stereocenters. The van der Waals surface area contributed by atoms with Gasteiger partial charge in [0.05, 0.1) is 18.3 Å². The largest absolute Gasteiger partial charge is 0.455 e. The Morgan fingerprint density at radius 1 is 1.12 bits per heavy atom. The fourth-order valence-corrected chi connectivity index (χ4v) is 2.69. The van der Waals surface area contributed by atoms with Crippen LogP contribution in [0, 0.1) is 0 Å². The lowest BCUT2D eigenvalue weighted by atomic mass is 10.0. The fraction of sp³-hybridized carbons (Fsp3) is 0.381. The topological polar surface area (TPSA) is 87.0 Å². The Balaban J connectivity index is 1.67. The van der Waals surface area contributed by atoms with E-state index in [4.69, 9.17) is 4.74 Å². The maximum absolute atomic E-state index is 11.1. The van der Waals surface area contributed by atoms with E-state index < -0.39 is 18.3 Å². The molecule has 0 aliphatic carbocycles. The molecule has 1 aromatic rings. The Morgan fingerprint density at radius 2 is 1.88 bits per heavy atom. The van der Waals surface area contributed by atoms with Gasteiger partial charge in [0.1, 0.15) is 6.10 Å². The molecule has 0 amide bonds. The first-order valence-corrected chi connectivity index (χ1v) is 8.84. The molecule has 1 aromatic carbocycles. The number of carbonyl (C=O) groups excluding carboxylic acids is 1. The Morgan fingerprint density at radius 3 is 2.62 bits per heavy atom. The Labute approximate surface area is 153 Å². The smallest absolute Gasteiger partial charge is 0.331 e. The zero-order valence-electron chi connectivity index (χ0n) is 14.6. The molecule has 1 heterocycles. The van der Waals surface area contributed by atoms with E-state index in [1.165, 1.54) is 6.08 Å². The van der Waals surface area contributed by atoms with E-state index in [9.17, 15) is 20.1 Å². The average Bonchev–Trinajstić information content (AvgIpc) is 2.61. The average molecular weight is 358 g/mol. The van der Waals surface area contributed by atoms with Crippen molar-refractivity contribution in [2.45, 2.75) is 50.1 Å². The molecule has 2 rings (SSSR count). The van der Waals surface area contributed by atoms with Crippen LogP contribution in [0.25, 0.3) is 6.08 Å². The number of benzene rings is 1. The molecule has 1 aliphatic heterocycles. The van der Waals surface area contributed by atoms with Crippen LogP contribution in [0.15, 0.2) is 60.7 Å². The van der Waals surface area contributed by atoms with Gasteiger partial charge in [0, 0.05) is 18.9 Å². The number of hydrogen-bond donors (Lipinski definition) is 3. The van der Waals surface area contributed by atoms with Gasteiger partial charge in [0.15, 0.2) is 0 Å². The van der Waals surface area contributed by atoms with Crippen LogP contribution in [-0.2, 0) is 9.53 Å². The molecule has 0 saturated carbocycles. The number of rotatable bonds is 9. The fourth-order valence-electron chi connectivity index (χ4n) is 2.69. The van der Waals surface area contributed by atoms with Gasteiger partial charge < -0.3 is 20.1 Å². The molecule has 0 fully saturated rings. The van der Waals surface area contributed by atoms with Crippen LogP contribution in [0.3, 0.4) is 0 Å². The van der Waals surface area contributed by atoms with Gasteiger partial charge in [-0.3, -0.25) is 0 Å². The lowest BCUT2D eigenvalue weighted by Gasteiger charge is -2.17. The summed E-state index contributed by atoms with van der Waals surface area (Å²) < 4.78 is 5.08. The summed E-state index contributed by atoms with van der Waals surface area (Å²) in [7, 11) is 0. The number of aliphatic hydroxyl groups excluding tert-OH is 3. The van der Waals surface area contributed by atoms with Crippen molar-refractivity contribution in [1.29, 1.82) is 0 Å². The van der Waals surface area contributed by atoms with Gasteiger partial charge >= 0.3 is 5.97 Å². The van der Waals surface area contributed by atoms with Crippen molar-refractivity contribution in [2.24, 2.45) is 0 Å². The molecular weight excluding hydrogens is 332 g/mol. The minimum Gasteiger partial charge on any atom is -0.455 e. The molecular formula is C21H26O5. The predicted octanol–water partition coefficient (Wildman–Crippen LogP) is 2.38. The lowest BCUT2D eigenvalue weighted by molar-refractivity contribution is -0.141. The van der Waals surface area contributed by atoms with Gasteiger partial charge in [-0.25, -0.2) is 4.79 Å². The number of hydrogen-bond acceptors (Lipinski definition) is 5. The molecule has 3 N–H and O–H groups in total. The number of aliphatic hydroxyl groups is 3. The third-order valence-electron chi connectivity index (χ3n) is 4.02. The van der Waals surface area contributed by atoms with Crippen LogP contribution in [0.5, 0.6) is 0 Å². The summed E-state index contributed by atoms with van der Waals surface area (Å²) in [5.41, 5.74) is 0.976. The van der Waals surface area contributed by atoms with E-state index in [2.05, 4.69) is 0 Å². The van der Waals surface area contributed by atoms with E-state index in [0.717, 1.165) is 5.56 Å². The minimum atomic E-state index is -0.802. The van der Waals surface area contributed by atoms with E-state index >= 15 is 0 Å². The summed E-state index contributed by atoms with van der Waals surface area (Å²) in [6.07, 6.45) is 8.80. The second kappa shape index (κ2) is 10.7. The van der Waals surface area contributed by atoms with E-state index in [1.807, 2.05) is 30.3 Å². The van der Waals surface area contributed by atoms with Crippen molar-refractivity contribution in [2.75, 3.05) is 0 Å². The maximum Gasteiger partial charge on any atom is 0.331 e. The van der Waals surface area contributed by atoms with Gasteiger partial charge in [-0.05, 0) is 24.5 Å². The molecule has 0 radical (unpaired) electrons. The first kappa shape index (κ1) is 20.1. The Kier molecular flexibility index (Phi) is 8.28. The van der Waals surface area contributed by atoms with E-state index in [-0.39, 0.29) is 24.9 Å². The van der Waals surface area contributed by atoms with Crippen LogP contribution in [-0.4, -0.2) is 45.7 Å². The van der Waals surface area contributed by atoms with E-state index in [1.54, 1.807) is 30.4 Å². The van der Waals surface area contributed by atoms with Crippen LogP contribution >= 0.6 is 0 Å². The van der Waals surface area contributed by atoms with Crippen LogP contribution in [0.4, 0.5) is 0 Å². The molecule has 0 saturated heterocycles. The van der Waals surface area contributed by atoms with Crippen LogP contribution in [0.1, 0.15) is 31.2 Å². The highest BCUT2D eigenvalue weighted by atomic mass is 16.5. The minimum absolute atomic E-state index is 0.162. The van der Waals surface area contributed by atoms with Crippen LogP contribution in [0.2, 0.25) is 0 Å². The second-order valence-electron chi connectivity index (χ2n) is 6.39. The number of esters is 1. The number of carbonyl (C=O) groups is 1. The predicted molar refractivity (Wildman–Crippen MR) is 100 cm³/mol. The summed E-state index contributed by atoms with van der Waals surface area (Å²) >= 11 is 0. The normalized spacial score (nSPS) is 21.0. The van der Waals surface area contributed by atoms with E-state index in [0.29, 0.717) is 12.8 Å². The SMILES string of the molecule is O=C1C=CC[C@H](/C=C\C[C@H](O)C[C@@H](O)C[C@@H](O)/C=C/c2ccccc2)O1. The lowest BCUT2D eigenvalue weighted by Crippen LogP contribution is -2.22. The molecule has 1 aliphatic rings. The molecule has 4 atom stereocenters. The molecule has 26 heavy (non-hydrogen) atoms. The third kappa shape index (κ3) is 7.78. The summed E-state index contributed by atoms with van der Waals surface area (Å²) in [5.74, 6) is -0.362. The molecule has 0 aromatic heterocycles. The number of cyclic esters (lactones) is 1. The van der Waals surface area contributed by atoms with Crippen molar-refractivity contribution in [1.82, 2.24) is 0 Å². The van der Waals surface area contributed by atoms with Crippen molar-refractivity contribution in [3.8, 4) is 0 Å². The summed E-state index contributed by atoms with van der Waals surface area (Å²) in [5, 5.41) is 30.0. The summed E-state index contributed by atoms with van der Waals surface area (Å²) in [6.45, 7) is 0. The zero-order chi connectivity index (χ0) is 18.8. The molecule has 0 spiro atoms. The number of ether oxygens (including phenoxy) is 1. The van der Waals surface area contributed by atoms with Crippen LogP contribution < -0.4 is 0 Å². The second-order valence-corrected chi connectivity index (χ2v) is 6.39. The monoisotopic (exact) mass is 358 g/mol. The van der Waals surface area contributed by atoms with Crippen molar-refractivity contribution < 1.29 is 24.9 Å². The summed E-state index contributed by atoms with van der Waals surface area (Å²) in [6, 6.07) is 9.59. The first-order valence-electron chi connectivity index (χ1n) is 8.84. The highest BCUT2D eigenvalue weighted by Gasteiger charge is 2.15. The molecule has 5 heteroatoms.